The summed E-state index contributed by atoms with van der Waals surface area (Å²) in [6, 6.07) is 6.01. The standard InChI is InChI=1S/C15H21NO4S/c1-11-7-12(2)9-16(8-11)21(19,20)10-13-3-5-14(6-4-13)15(17)18/h3-6,11-12H,7-10H2,1-2H3,(H,17,18). The minimum atomic E-state index is -3.35. The van der Waals surface area contributed by atoms with E-state index in [0.29, 0.717) is 30.5 Å². The van der Waals surface area contributed by atoms with Crippen molar-refractivity contribution in [3.8, 4) is 0 Å². The van der Waals surface area contributed by atoms with Gasteiger partial charge < -0.3 is 5.11 Å². The van der Waals surface area contributed by atoms with Crippen molar-refractivity contribution in [2.75, 3.05) is 13.1 Å². The van der Waals surface area contributed by atoms with Crippen molar-refractivity contribution in [1.29, 1.82) is 0 Å². The molecule has 1 aromatic rings. The first-order valence-corrected chi connectivity index (χ1v) is 8.69. The molecule has 0 spiro atoms. The number of hydrogen-bond acceptors (Lipinski definition) is 3. The molecule has 1 aliphatic rings. The lowest BCUT2D eigenvalue weighted by molar-refractivity contribution is 0.0697. The molecule has 0 aromatic heterocycles. The van der Waals surface area contributed by atoms with Crippen molar-refractivity contribution in [3.05, 3.63) is 35.4 Å². The van der Waals surface area contributed by atoms with Crippen LogP contribution in [0.5, 0.6) is 0 Å². The van der Waals surface area contributed by atoms with E-state index in [1.54, 1.807) is 16.4 Å². The third kappa shape index (κ3) is 4.04. The van der Waals surface area contributed by atoms with Gasteiger partial charge in [-0.25, -0.2) is 17.5 Å². The first-order valence-electron chi connectivity index (χ1n) is 7.08. The maximum Gasteiger partial charge on any atom is 0.335 e. The van der Waals surface area contributed by atoms with Gasteiger partial charge in [-0.15, -0.1) is 0 Å². The molecule has 5 nitrogen and oxygen atoms in total. The van der Waals surface area contributed by atoms with E-state index >= 15 is 0 Å². The maximum atomic E-state index is 12.5. The van der Waals surface area contributed by atoms with E-state index in [9.17, 15) is 13.2 Å². The Kier molecular flexibility index (Phi) is 4.68. The molecule has 2 unspecified atom stereocenters. The van der Waals surface area contributed by atoms with E-state index in [4.69, 9.17) is 5.11 Å². The SMILES string of the molecule is CC1CC(C)CN(S(=O)(=O)Cc2ccc(C(=O)O)cc2)C1. The highest BCUT2D eigenvalue weighted by Gasteiger charge is 2.30. The normalized spacial score (nSPS) is 23.9. The predicted octanol–water partition coefficient (Wildman–Crippen LogP) is 2.19. The van der Waals surface area contributed by atoms with E-state index in [0.717, 1.165) is 6.42 Å². The van der Waals surface area contributed by atoms with Crippen LogP contribution >= 0.6 is 0 Å². The average Bonchev–Trinajstić information content (AvgIpc) is 2.37. The summed E-state index contributed by atoms with van der Waals surface area (Å²) in [7, 11) is -3.35. The first kappa shape index (κ1) is 16.0. The predicted molar refractivity (Wildman–Crippen MR) is 80.5 cm³/mol. The Hall–Kier alpha value is -1.40. The fourth-order valence-electron chi connectivity index (χ4n) is 2.88. The molecule has 1 aliphatic heterocycles. The zero-order valence-electron chi connectivity index (χ0n) is 12.3. The van der Waals surface area contributed by atoms with Gasteiger partial charge in [-0.1, -0.05) is 26.0 Å². The number of rotatable bonds is 4. The highest BCUT2D eigenvalue weighted by molar-refractivity contribution is 7.88. The van der Waals surface area contributed by atoms with Crippen LogP contribution in [0.15, 0.2) is 24.3 Å². The summed E-state index contributed by atoms with van der Waals surface area (Å²) >= 11 is 0. The Labute approximate surface area is 125 Å². The molecule has 2 rings (SSSR count). The van der Waals surface area contributed by atoms with Crippen LogP contribution in [0.4, 0.5) is 0 Å². The third-order valence-electron chi connectivity index (χ3n) is 3.78. The van der Waals surface area contributed by atoms with Crippen molar-refractivity contribution in [2.45, 2.75) is 26.0 Å². The summed E-state index contributed by atoms with van der Waals surface area (Å²) < 4.78 is 26.5. The smallest absolute Gasteiger partial charge is 0.335 e. The van der Waals surface area contributed by atoms with Crippen LogP contribution in [0.25, 0.3) is 0 Å². The fourth-order valence-corrected chi connectivity index (χ4v) is 4.64. The molecule has 1 heterocycles. The van der Waals surface area contributed by atoms with Crippen LogP contribution in [0.2, 0.25) is 0 Å². The minimum Gasteiger partial charge on any atom is -0.478 e. The van der Waals surface area contributed by atoms with Gasteiger partial charge in [0, 0.05) is 13.1 Å². The van der Waals surface area contributed by atoms with E-state index in [1.165, 1.54) is 12.1 Å². The molecule has 6 heteroatoms. The van der Waals surface area contributed by atoms with E-state index in [1.807, 2.05) is 0 Å². The Balaban J connectivity index is 2.11. The quantitative estimate of drug-likeness (QED) is 0.925. The molecule has 1 fully saturated rings. The van der Waals surface area contributed by atoms with E-state index < -0.39 is 16.0 Å². The lowest BCUT2D eigenvalue weighted by atomic mass is 9.94. The monoisotopic (exact) mass is 311 g/mol. The van der Waals surface area contributed by atoms with Gasteiger partial charge in [0.25, 0.3) is 0 Å². The van der Waals surface area contributed by atoms with Crippen molar-refractivity contribution < 1.29 is 18.3 Å². The lowest BCUT2D eigenvalue weighted by Crippen LogP contribution is -2.43. The van der Waals surface area contributed by atoms with Gasteiger partial charge in [0.2, 0.25) is 10.0 Å². The van der Waals surface area contributed by atoms with Crippen LogP contribution in [-0.2, 0) is 15.8 Å². The molecule has 2 atom stereocenters. The van der Waals surface area contributed by atoms with Crippen LogP contribution in [0.3, 0.4) is 0 Å². The molecule has 21 heavy (non-hydrogen) atoms. The lowest BCUT2D eigenvalue weighted by Gasteiger charge is -2.34. The molecular weight excluding hydrogens is 290 g/mol. The summed E-state index contributed by atoms with van der Waals surface area (Å²) in [6.07, 6.45) is 1.05. The Morgan fingerprint density at radius 2 is 1.71 bits per heavy atom. The van der Waals surface area contributed by atoms with Crippen LogP contribution in [0.1, 0.15) is 36.2 Å². The molecule has 1 aromatic carbocycles. The van der Waals surface area contributed by atoms with E-state index in [2.05, 4.69) is 13.8 Å². The number of piperidine rings is 1. The van der Waals surface area contributed by atoms with Crippen molar-refractivity contribution in [2.24, 2.45) is 11.8 Å². The second-order valence-electron chi connectivity index (χ2n) is 6.02. The molecule has 0 radical (unpaired) electrons. The number of benzene rings is 1. The van der Waals surface area contributed by atoms with Gasteiger partial charge in [-0.05, 0) is 36.0 Å². The Bertz CT molecular complexity index is 599. The number of nitrogens with zero attached hydrogens (tertiary/aromatic N) is 1. The molecule has 0 bridgehead atoms. The molecule has 0 aliphatic carbocycles. The average molecular weight is 311 g/mol. The van der Waals surface area contributed by atoms with Gasteiger partial charge in [0.1, 0.15) is 0 Å². The summed E-state index contributed by atoms with van der Waals surface area (Å²) in [4.78, 5) is 10.8. The molecule has 0 saturated carbocycles. The fraction of sp³-hybridized carbons (Fsp3) is 0.533. The van der Waals surface area contributed by atoms with Crippen molar-refractivity contribution in [3.63, 3.8) is 0 Å². The number of hydrogen-bond donors (Lipinski definition) is 1. The summed E-state index contributed by atoms with van der Waals surface area (Å²) in [6.45, 7) is 5.28. The molecule has 1 saturated heterocycles. The molecule has 1 N–H and O–H groups in total. The highest BCUT2D eigenvalue weighted by atomic mass is 32.2. The largest absolute Gasteiger partial charge is 0.478 e. The van der Waals surface area contributed by atoms with Gasteiger partial charge in [-0.2, -0.15) is 0 Å². The Morgan fingerprint density at radius 1 is 1.19 bits per heavy atom. The van der Waals surface area contributed by atoms with Crippen LogP contribution in [0, 0.1) is 11.8 Å². The summed E-state index contributed by atoms with van der Waals surface area (Å²) in [5, 5.41) is 8.84. The maximum absolute atomic E-state index is 12.5. The summed E-state index contributed by atoms with van der Waals surface area (Å²) in [5.74, 6) is -0.342. The van der Waals surface area contributed by atoms with Crippen molar-refractivity contribution in [1.82, 2.24) is 4.31 Å². The highest BCUT2D eigenvalue weighted by Crippen LogP contribution is 2.24. The molecule has 0 amide bonds. The topological polar surface area (TPSA) is 74.7 Å². The zero-order chi connectivity index (χ0) is 15.6. The van der Waals surface area contributed by atoms with Crippen LogP contribution in [-0.4, -0.2) is 36.9 Å². The third-order valence-corrected chi connectivity index (χ3v) is 5.56. The minimum absolute atomic E-state index is 0.0770. The van der Waals surface area contributed by atoms with Crippen molar-refractivity contribution >= 4 is 16.0 Å². The second kappa shape index (κ2) is 6.15. The van der Waals surface area contributed by atoms with E-state index in [-0.39, 0.29) is 11.3 Å². The number of sulfonamides is 1. The molecular formula is C15H21NO4S. The van der Waals surface area contributed by atoms with Gasteiger partial charge in [0.05, 0.1) is 11.3 Å². The number of carboxylic acids is 1. The zero-order valence-corrected chi connectivity index (χ0v) is 13.1. The van der Waals surface area contributed by atoms with Crippen LogP contribution < -0.4 is 0 Å². The van der Waals surface area contributed by atoms with Gasteiger partial charge in [0.15, 0.2) is 0 Å². The number of carboxylic acid groups (broad SMARTS) is 1. The second-order valence-corrected chi connectivity index (χ2v) is 7.99. The Morgan fingerprint density at radius 3 is 2.19 bits per heavy atom. The number of aromatic carboxylic acids is 1. The van der Waals surface area contributed by atoms with Gasteiger partial charge >= 0.3 is 5.97 Å². The first-order chi connectivity index (χ1) is 9.78. The van der Waals surface area contributed by atoms with Gasteiger partial charge in [-0.3, -0.25) is 0 Å². The summed E-state index contributed by atoms with van der Waals surface area (Å²) in [5.41, 5.74) is 0.780. The molecule has 116 valence electrons. The number of carbonyl (C=O) groups is 1.